The van der Waals surface area contributed by atoms with Crippen LogP contribution in [0.25, 0.3) is 15.6 Å². The van der Waals surface area contributed by atoms with E-state index in [1.54, 1.807) is 4.90 Å². The van der Waals surface area contributed by atoms with Crippen molar-refractivity contribution >= 4 is 39.8 Å². The first kappa shape index (κ1) is 30.1. The lowest BCUT2D eigenvalue weighted by atomic mass is 10.0. The average molecular weight is 617 g/mol. The molecule has 3 aliphatic heterocycles. The summed E-state index contributed by atoms with van der Waals surface area (Å²) in [6, 6.07) is 12.3. The second-order valence-electron chi connectivity index (χ2n) is 11.2. The van der Waals surface area contributed by atoms with Gasteiger partial charge in [0.1, 0.15) is 18.5 Å². The van der Waals surface area contributed by atoms with E-state index in [1.165, 1.54) is 6.08 Å². The number of nitrogens with zero attached hydrogens (tertiary/aromatic N) is 6. The Morgan fingerprint density at radius 1 is 1.11 bits per heavy atom. The summed E-state index contributed by atoms with van der Waals surface area (Å²) in [4.78, 5) is 32.2. The number of fused-ring (bicyclic) bond motifs is 2. The first-order chi connectivity index (χ1) is 21.6. The first-order valence-electron chi connectivity index (χ1n) is 15.2. The number of halogens is 1. The van der Waals surface area contributed by atoms with E-state index in [2.05, 4.69) is 45.5 Å². The third-order valence-electron chi connectivity index (χ3n) is 8.57. The van der Waals surface area contributed by atoms with Gasteiger partial charge in [-0.2, -0.15) is 9.97 Å². The number of carbonyl (C=O) groups excluding carboxylic acids is 1. The Bertz CT molecular complexity index is 1550. The lowest BCUT2D eigenvalue weighted by Gasteiger charge is -2.41. The predicted molar refractivity (Wildman–Crippen MR) is 170 cm³/mol. The molecule has 230 valence electrons. The SMILES string of the molecule is [C-]#[N+]C[C@H]1CN(c2nc(OCCOC3CCOCC3)nc3c2CCN(c2cccc4cccc(Cl)c24)C3)CCN1C(=O)C=C. The molecule has 2 fully saturated rings. The number of carbonyl (C=O) groups is 1. The van der Waals surface area contributed by atoms with Gasteiger partial charge in [0.2, 0.25) is 12.5 Å². The van der Waals surface area contributed by atoms with E-state index < -0.39 is 0 Å². The normalized spacial score (nSPS) is 19.0. The summed E-state index contributed by atoms with van der Waals surface area (Å²) in [6.07, 6.45) is 4.01. The van der Waals surface area contributed by atoms with Crippen molar-refractivity contribution in [2.24, 2.45) is 0 Å². The molecular weight excluding hydrogens is 580 g/mol. The zero-order valence-corrected chi connectivity index (χ0v) is 25.5. The van der Waals surface area contributed by atoms with Crippen molar-refractivity contribution in [2.75, 3.05) is 69.0 Å². The highest BCUT2D eigenvalue weighted by Gasteiger charge is 2.35. The van der Waals surface area contributed by atoms with Crippen molar-refractivity contribution in [1.29, 1.82) is 0 Å². The van der Waals surface area contributed by atoms with Gasteiger partial charge in [0.05, 0.1) is 30.0 Å². The van der Waals surface area contributed by atoms with Crippen molar-refractivity contribution in [3.8, 4) is 6.01 Å². The molecule has 0 aliphatic carbocycles. The standard InChI is InChI=1S/C33H37ClN6O4/c1-3-30(41)40-15-14-39(21-24(40)20-35-2)32-26-10-13-38(29-9-5-7-23-6-4-8-27(34)31(23)29)22-28(26)36-33(37-32)44-19-18-43-25-11-16-42-17-12-25/h3-9,24-25H,1,10-22H2/t24-/m0/s1. The van der Waals surface area contributed by atoms with Gasteiger partial charge < -0.3 is 33.8 Å². The minimum atomic E-state index is -0.257. The van der Waals surface area contributed by atoms with E-state index in [0.717, 1.165) is 77.6 Å². The molecule has 3 aliphatic rings. The molecule has 0 saturated carbocycles. The topological polar surface area (TPSA) is 84.6 Å². The van der Waals surface area contributed by atoms with Crippen LogP contribution in [-0.4, -0.2) is 92.1 Å². The summed E-state index contributed by atoms with van der Waals surface area (Å²) in [5, 5.41) is 2.84. The number of piperazine rings is 1. The molecule has 1 atom stereocenters. The van der Waals surface area contributed by atoms with Crippen LogP contribution in [0.3, 0.4) is 0 Å². The smallest absolute Gasteiger partial charge is 0.318 e. The highest BCUT2D eigenvalue weighted by molar-refractivity contribution is 6.36. The van der Waals surface area contributed by atoms with Crippen LogP contribution in [0.2, 0.25) is 5.02 Å². The molecule has 10 nitrogen and oxygen atoms in total. The largest absolute Gasteiger partial charge is 0.461 e. The molecular formula is C33H37ClN6O4. The van der Waals surface area contributed by atoms with Gasteiger partial charge in [0, 0.05) is 56.0 Å². The number of hydrogen-bond acceptors (Lipinski definition) is 8. The van der Waals surface area contributed by atoms with Crippen LogP contribution in [0, 0.1) is 6.57 Å². The Balaban J connectivity index is 1.28. The third kappa shape index (κ3) is 6.46. The molecule has 1 aromatic heterocycles. The summed E-state index contributed by atoms with van der Waals surface area (Å²) in [7, 11) is 0. The number of ether oxygens (including phenoxy) is 3. The summed E-state index contributed by atoms with van der Waals surface area (Å²) >= 11 is 6.69. The van der Waals surface area contributed by atoms with Crippen LogP contribution in [0.1, 0.15) is 24.1 Å². The lowest BCUT2D eigenvalue weighted by molar-refractivity contribution is -0.128. The first-order valence-corrected chi connectivity index (χ1v) is 15.6. The Hall–Kier alpha value is -3.91. The van der Waals surface area contributed by atoms with E-state index in [1.807, 2.05) is 12.1 Å². The van der Waals surface area contributed by atoms with Crippen molar-refractivity contribution in [3.63, 3.8) is 0 Å². The molecule has 44 heavy (non-hydrogen) atoms. The molecule has 0 radical (unpaired) electrons. The quantitative estimate of drug-likeness (QED) is 0.197. The predicted octanol–water partition coefficient (Wildman–Crippen LogP) is 4.54. The van der Waals surface area contributed by atoms with Gasteiger partial charge in [-0.15, -0.1) is 0 Å². The Morgan fingerprint density at radius 2 is 1.93 bits per heavy atom. The van der Waals surface area contributed by atoms with Gasteiger partial charge in [-0.1, -0.05) is 42.4 Å². The van der Waals surface area contributed by atoms with Crippen LogP contribution in [0.5, 0.6) is 6.01 Å². The molecule has 0 bridgehead atoms. The molecule has 2 aromatic carbocycles. The number of aromatic nitrogens is 2. The minimum absolute atomic E-state index is 0.152. The van der Waals surface area contributed by atoms with Gasteiger partial charge in [-0.3, -0.25) is 4.79 Å². The maximum absolute atomic E-state index is 12.5. The Morgan fingerprint density at radius 3 is 2.73 bits per heavy atom. The Kier molecular flexibility index (Phi) is 9.45. The summed E-state index contributed by atoms with van der Waals surface area (Å²) < 4.78 is 17.5. The average Bonchev–Trinajstić information content (AvgIpc) is 3.06. The highest BCUT2D eigenvalue weighted by Crippen LogP contribution is 2.37. The van der Waals surface area contributed by atoms with Crippen LogP contribution in [0.4, 0.5) is 11.5 Å². The van der Waals surface area contributed by atoms with Gasteiger partial charge in [-0.25, -0.2) is 6.57 Å². The van der Waals surface area contributed by atoms with E-state index in [0.29, 0.717) is 45.4 Å². The van der Waals surface area contributed by atoms with Gasteiger partial charge in [0.15, 0.2) is 0 Å². The molecule has 0 unspecified atom stereocenters. The van der Waals surface area contributed by atoms with Crippen LogP contribution in [0.15, 0.2) is 49.1 Å². The molecule has 2 saturated heterocycles. The molecule has 0 N–H and O–H groups in total. The number of hydrogen-bond donors (Lipinski definition) is 0. The van der Waals surface area contributed by atoms with Crippen LogP contribution < -0.4 is 14.5 Å². The summed E-state index contributed by atoms with van der Waals surface area (Å²) in [5.41, 5.74) is 3.04. The fourth-order valence-corrected chi connectivity index (χ4v) is 6.65. The van der Waals surface area contributed by atoms with E-state index in [4.69, 9.17) is 42.4 Å². The van der Waals surface area contributed by atoms with Crippen LogP contribution in [-0.2, 0) is 27.2 Å². The zero-order valence-electron chi connectivity index (χ0n) is 24.8. The van der Waals surface area contributed by atoms with E-state index in [9.17, 15) is 4.79 Å². The summed E-state index contributed by atoms with van der Waals surface area (Å²) in [6.45, 7) is 16.5. The number of anilines is 2. The molecule has 0 spiro atoms. The fraction of sp³-hybridized carbons (Fsp3) is 0.455. The van der Waals surface area contributed by atoms with E-state index >= 15 is 0 Å². The van der Waals surface area contributed by atoms with Crippen LogP contribution >= 0.6 is 11.6 Å². The van der Waals surface area contributed by atoms with Crippen molar-refractivity contribution in [3.05, 3.63) is 76.8 Å². The van der Waals surface area contributed by atoms with Crippen molar-refractivity contribution < 1.29 is 19.0 Å². The maximum Gasteiger partial charge on any atom is 0.318 e. The fourth-order valence-electron chi connectivity index (χ4n) is 6.37. The van der Waals surface area contributed by atoms with Gasteiger partial charge in [0.25, 0.3) is 0 Å². The Labute approximate surface area is 263 Å². The summed E-state index contributed by atoms with van der Waals surface area (Å²) in [5.74, 6) is 0.660. The third-order valence-corrected chi connectivity index (χ3v) is 8.89. The molecule has 3 aromatic rings. The monoisotopic (exact) mass is 616 g/mol. The lowest BCUT2D eigenvalue weighted by Crippen LogP contribution is -2.56. The molecule has 1 amide bonds. The second kappa shape index (κ2) is 13.8. The van der Waals surface area contributed by atoms with Gasteiger partial charge >= 0.3 is 6.01 Å². The number of amides is 1. The molecule has 6 rings (SSSR count). The maximum atomic E-state index is 12.5. The molecule has 4 heterocycles. The zero-order chi connectivity index (χ0) is 30.5. The minimum Gasteiger partial charge on any atom is -0.461 e. The number of benzene rings is 2. The van der Waals surface area contributed by atoms with Crippen molar-refractivity contribution in [2.45, 2.75) is 38.0 Å². The number of rotatable bonds is 9. The molecule has 11 heteroatoms. The second-order valence-corrected chi connectivity index (χ2v) is 11.7. The van der Waals surface area contributed by atoms with Gasteiger partial charge in [-0.05, 0) is 42.9 Å². The van der Waals surface area contributed by atoms with Crippen molar-refractivity contribution in [1.82, 2.24) is 14.9 Å². The highest BCUT2D eigenvalue weighted by atomic mass is 35.5. The van der Waals surface area contributed by atoms with E-state index in [-0.39, 0.29) is 24.6 Å².